The van der Waals surface area contributed by atoms with Gasteiger partial charge in [0.25, 0.3) is 0 Å². The second kappa shape index (κ2) is 5.59. The normalized spacial score (nSPS) is 11.9. The summed E-state index contributed by atoms with van der Waals surface area (Å²) in [5.41, 5.74) is 0.363. The number of hydrogen-bond donors (Lipinski definition) is 0. The zero-order valence-electron chi connectivity index (χ0n) is 8.66. The lowest BCUT2D eigenvalue weighted by Crippen LogP contribution is -2.16. The highest BCUT2D eigenvalue weighted by Gasteiger charge is 2.08. The van der Waals surface area contributed by atoms with Crippen LogP contribution in [0.3, 0.4) is 0 Å². The molecule has 0 fully saturated rings. The molecule has 1 rings (SSSR count). The Labute approximate surface area is 94.2 Å². The molecule has 0 aromatic heterocycles. The van der Waals surface area contributed by atoms with Gasteiger partial charge >= 0.3 is 0 Å². The van der Waals surface area contributed by atoms with Crippen LogP contribution in [-0.4, -0.2) is 19.8 Å². The molecule has 3 nitrogen and oxygen atoms in total. The molecule has 0 saturated carbocycles. The van der Waals surface area contributed by atoms with E-state index in [9.17, 15) is 0 Å². The molecule has 0 N–H and O–H groups in total. The molecule has 0 spiro atoms. The number of benzene rings is 1. The Hall–Kier alpha value is -1.24. The van der Waals surface area contributed by atoms with Crippen molar-refractivity contribution >= 4 is 11.6 Å². The zero-order chi connectivity index (χ0) is 11.3. The molecule has 1 aromatic carbocycles. The lowest BCUT2D eigenvalue weighted by molar-refractivity contribution is 0.0716. The molecule has 0 aliphatic heterocycles. The summed E-state index contributed by atoms with van der Waals surface area (Å²) < 4.78 is 10.5. The summed E-state index contributed by atoms with van der Waals surface area (Å²) >= 11 is 5.84. The average molecular weight is 226 g/mol. The van der Waals surface area contributed by atoms with Crippen molar-refractivity contribution in [3.05, 3.63) is 28.8 Å². The molecule has 0 aliphatic rings. The summed E-state index contributed by atoms with van der Waals surface area (Å²) in [6.07, 6.45) is -0.0180. The molecule has 1 unspecified atom stereocenters. The number of nitriles is 1. The number of rotatable bonds is 4. The highest BCUT2D eigenvalue weighted by molar-refractivity contribution is 6.31. The largest absolute Gasteiger partial charge is 0.489 e. The van der Waals surface area contributed by atoms with Crippen LogP contribution in [0.2, 0.25) is 5.02 Å². The van der Waals surface area contributed by atoms with Gasteiger partial charge in [-0.3, -0.25) is 0 Å². The zero-order valence-corrected chi connectivity index (χ0v) is 9.41. The molecule has 15 heavy (non-hydrogen) atoms. The van der Waals surface area contributed by atoms with Crippen molar-refractivity contribution in [1.29, 1.82) is 5.26 Å². The lowest BCUT2D eigenvalue weighted by Gasteiger charge is -2.12. The fourth-order valence-corrected chi connectivity index (χ4v) is 1.22. The molecule has 0 heterocycles. The molecule has 0 amide bonds. The number of hydrogen-bond acceptors (Lipinski definition) is 3. The van der Waals surface area contributed by atoms with Gasteiger partial charge in [0, 0.05) is 7.11 Å². The average Bonchev–Trinajstić information content (AvgIpc) is 2.25. The van der Waals surface area contributed by atoms with E-state index in [4.69, 9.17) is 26.3 Å². The number of halogens is 1. The van der Waals surface area contributed by atoms with Crippen LogP contribution in [0, 0.1) is 11.3 Å². The predicted molar refractivity (Wildman–Crippen MR) is 58.1 cm³/mol. The summed E-state index contributed by atoms with van der Waals surface area (Å²) in [4.78, 5) is 0. The van der Waals surface area contributed by atoms with Gasteiger partial charge in [0.05, 0.1) is 11.1 Å². The van der Waals surface area contributed by atoms with Crippen molar-refractivity contribution in [2.24, 2.45) is 0 Å². The molecule has 1 aromatic rings. The van der Waals surface area contributed by atoms with Crippen LogP contribution >= 0.6 is 11.6 Å². The van der Waals surface area contributed by atoms with Gasteiger partial charge in [-0.05, 0) is 19.1 Å². The van der Waals surface area contributed by atoms with Gasteiger partial charge in [-0.1, -0.05) is 17.7 Å². The highest BCUT2D eigenvalue weighted by atomic mass is 35.5. The molecule has 1 atom stereocenters. The Kier molecular flexibility index (Phi) is 4.41. The van der Waals surface area contributed by atoms with Crippen molar-refractivity contribution in [3.8, 4) is 11.8 Å². The summed E-state index contributed by atoms with van der Waals surface area (Å²) in [7, 11) is 1.61. The monoisotopic (exact) mass is 225 g/mol. The minimum atomic E-state index is -0.0180. The van der Waals surface area contributed by atoms with Crippen molar-refractivity contribution in [2.75, 3.05) is 13.7 Å². The van der Waals surface area contributed by atoms with E-state index in [0.717, 1.165) is 0 Å². The van der Waals surface area contributed by atoms with E-state index in [-0.39, 0.29) is 6.10 Å². The summed E-state index contributed by atoms with van der Waals surface area (Å²) in [5, 5.41) is 9.28. The standard InChI is InChI=1S/C11H12ClNO2/c1-8(14-2)7-15-11-5-3-4-10(12)9(11)6-13/h3-5,8H,7H2,1-2H3. The van der Waals surface area contributed by atoms with Gasteiger partial charge in [0.1, 0.15) is 24.0 Å². The predicted octanol–water partition coefficient (Wildman–Crippen LogP) is 2.63. The van der Waals surface area contributed by atoms with Crippen molar-refractivity contribution in [2.45, 2.75) is 13.0 Å². The van der Waals surface area contributed by atoms with E-state index in [0.29, 0.717) is 22.9 Å². The van der Waals surface area contributed by atoms with Crippen LogP contribution in [-0.2, 0) is 4.74 Å². The van der Waals surface area contributed by atoms with Crippen molar-refractivity contribution in [3.63, 3.8) is 0 Å². The van der Waals surface area contributed by atoms with E-state index < -0.39 is 0 Å². The first-order valence-corrected chi connectivity index (χ1v) is 4.91. The molecule has 0 aliphatic carbocycles. The fourth-order valence-electron chi connectivity index (χ4n) is 1.01. The van der Waals surface area contributed by atoms with Gasteiger partial charge < -0.3 is 9.47 Å². The van der Waals surface area contributed by atoms with E-state index in [1.807, 2.05) is 13.0 Å². The van der Waals surface area contributed by atoms with Crippen LogP contribution in [0.25, 0.3) is 0 Å². The Morgan fingerprint density at radius 3 is 2.87 bits per heavy atom. The molecule has 0 radical (unpaired) electrons. The van der Waals surface area contributed by atoms with Crippen molar-refractivity contribution in [1.82, 2.24) is 0 Å². The van der Waals surface area contributed by atoms with Crippen LogP contribution in [0.4, 0.5) is 0 Å². The smallest absolute Gasteiger partial charge is 0.138 e. The molecule has 4 heteroatoms. The summed E-state index contributed by atoms with van der Waals surface area (Å²) in [6.45, 7) is 2.28. The quantitative estimate of drug-likeness (QED) is 0.791. The molecular weight excluding hydrogens is 214 g/mol. The van der Waals surface area contributed by atoms with Gasteiger partial charge in [0.15, 0.2) is 0 Å². The second-order valence-electron chi connectivity index (χ2n) is 3.08. The van der Waals surface area contributed by atoms with Crippen LogP contribution < -0.4 is 4.74 Å². The number of nitrogens with zero attached hydrogens (tertiary/aromatic N) is 1. The first-order valence-electron chi connectivity index (χ1n) is 4.53. The first-order chi connectivity index (χ1) is 7.19. The summed E-state index contributed by atoms with van der Waals surface area (Å²) in [5.74, 6) is 0.494. The molecule has 0 saturated heterocycles. The minimum Gasteiger partial charge on any atom is -0.489 e. The molecule has 80 valence electrons. The van der Waals surface area contributed by atoms with Crippen LogP contribution in [0.5, 0.6) is 5.75 Å². The summed E-state index contributed by atoms with van der Waals surface area (Å²) in [6, 6.07) is 7.13. The van der Waals surface area contributed by atoms with Gasteiger partial charge in [-0.2, -0.15) is 5.26 Å². The maximum absolute atomic E-state index is 8.88. The Bertz CT molecular complexity index is 373. The molecular formula is C11H12ClNO2. The van der Waals surface area contributed by atoms with Gasteiger partial charge in [-0.25, -0.2) is 0 Å². The maximum Gasteiger partial charge on any atom is 0.138 e. The Morgan fingerprint density at radius 2 is 2.27 bits per heavy atom. The molecule has 0 bridgehead atoms. The minimum absolute atomic E-state index is 0.0180. The maximum atomic E-state index is 8.88. The van der Waals surface area contributed by atoms with Gasteiger partial charge in [0.2, 0.25) is 0 Å². The van der Waals surface area contributed by atoms with Crippen LogP contribution in [0.15, 0.2) is 18.2 Å². The van der Waals surface area contributed by atoms with E-state index in [2.05, 4.69) is 0 Å². The Balaban J connectivity index is 2.77. The fraction of sp³-hybridized carbons (Fsp3) is 0.364. The lowest BCUT2D eigenvalue weighted by atomic mass is 10.2. The van der Waals surface area contributed by atoms with E-state index in [1.54, 1.807) is 25.3 Å². The SMILES string of the molecule is COC(C)COc1cccc(Cl)c1C#N. The number of ether oxygens (including phenoxy) is 2. The van der Waals surface area contributed by atoms with Crippen LogP contribution in [0.1, 0.15) is 12.5 Å². The second-order valence-corrected chi connectivity index (χ2v) is 3.49. The Morgan fingerprint density at radius 1 is 1.53 bits per heavy atom. The van der Waals surface area contributed by atoms with Gasteiger partial charge in [-0.15, -0.1) is 0 Å². The third-order valence-electron chi connectivity index (χ3n) is 1.96. The van der Waals surface area contributed by atoms with E-state index in [1.165, 1.54) is 0 Å². The topological polar surface area (TPSA) is 42.2 Å². The highest BCUT2D eigenvalue weighted by Crippen LogP contribution is 2.25. The third-order valence-corrected chi connectivity index (χ3v) is 2.28. The van der Waals surface area contributed by atoms with Crippen molar-refractivity contribution < 1.29 is 9.47 Å². The third kappa shape index (κ3) is 3.12. The van der Waals surface area contributed by atoms with E-state index >= 15 is 0 Å². The first kappa shape index (κ1) is 11.8. The number of methoxy groups -OCH3 is 1.